The first-order valence-electron chi connectivity index (χ1n) is 7.90. The lowest BCUT2D eigenvalue weighted by Gasteiger charge is -2.25. The predicted molar refractivity (Wildman–Crippen MR) is 96.2 cm³/mol. The van der Waals surface area contributed by atoms with E-state index in [0.29, 0.717) is 0 Å². The first-order valence-corrected chi connectivity index (χ1v) is 8.28. The van der Waals surface area contributed by atoms with E-state index in [2.05, 4.69) is 57.3 Å². The van der Waals surface area contributed by atoms with Crippen molar-refractivity contribution in [2.75, 3.05) is 25.0 Å². The number of benzene rings is 2. The molecule has 6 heteroatoms. The van der Waals surface area contributed by atoms with Crippen molar-refractivity contribution < 1.29 is 0 Å². The molecule has 1 aromatic heterocycles. The summed E-state index contributed by atoms with van der Waals surface area (Å²) in [6.07, 6.45) is 3.27. The second-order valence-electron chi connectivity index (χ2n) is 6.02. The van der Waals surface area contributed by atoms with Gasteiger partial charge in [0.25, 0.3) is 0 Å². The summed E-state index contributed by atoms with van der Waals surface area (Å²) in [5.74, 6) is 0. The average molecular weight is 340 g/mol. The van der Waals surface area contributed by atoms with Crippen LogP contribution in [0.15, 0.2) is 55.1 Å². The van der Waals surface area contributed by atoms with Gasteiger partial charge in [-0.25, -0.2) is 9.67 Å². The minimum absolute atomic E-state index is 0.757. The largest absolute Gasteiger partial charge is 0.340 e. The molecule has 24 heavy (non-hydrogen) atoms. The van der Waals surface area contributed by atoms with Crippen LogP contribution in [0.1, 0.15) is 5.56 Å². The fraction of sp³-hybridized carbons (Fsp3) is 0.222. The second kappa shape index (κ2) is 6.26. The number of nitrogens with zero attached hydrogens (tertiary/aromatic N) is 5. The molecule has 0 amide bonds. The van der Waals surface area contributed by atoms with E-state index in [1.807, 2.05) is 12.1 Å². The quantitative estimate of drug-likeness (QED) is 0.716. The van der Waals surface area contributed by atoms with E-state index < -0.39 is 0 Å². The topological polar surface area (TPSA) is 37.2 Å². The van der Waals surface area contributed by atoms with Crippen molar-refractivity contribution in [3.8, 4) is 5.69 Å². The SMILES string of the molecule is CN1CCN(c2ccc(Cl)cc2)c2ccc(-n3cncn3)cc2C1. The number of anilines is 2. The van der Waals surface area contributed by atoms with E-state index in [-0.39, 0.29) is 0 Å². The lowest BCUT2D eigenvalue weighted by Crippen LogP contribution is -2.26. The molecule has 3 aromatic rings. The van der Waals surface area contributed by atoms with Crippen molar-refractivity contribution in [1.82, 2.24) is 19.7 Å². The molecule has 5 nitrogen and oxygen atoms in total. The number of hydrogen-bond acceptors (Lipinski definition) is 4. The van der Waals surface area contributed by atoms with Gasteiger partial charge in [0.05, 0.1) is 5.69 Å². The molecule has 0 fully saturated rings. The fourth-order valence-corrected chi connectivity index (χ4v) is 3.22. The number of halogens is 1. The zero-order chi connectivity index (χ0) is 16.5. The first kappa shape index (κ1) is 15.2. The molecule has 0 bridgehead atoms. The summed E-state index contributed by atoms with van der Waals surface area (Å²) in [4.78, 5) is 8.71. The van der Waals surface area contributed by atoms with Crippen LogP contribution in [0, 0.1) is 0 Å². The number of fused-ring (bicyclic) bond motifs is 1. The Morgan fingerprint density at radius 3 is 2.54 bits per heavy atom. The summed E-state index contributed by atoms with van der Waals surface area (Å²) >= 11 is 6.04. The van der Waals surface area contributed by atoms with Gasteiger partial charge in [-0.15, -0.1) is 0 Å². The molecule has 2 aromatic carbocycles. The second-order valence-corrected chi connectivity index (χ2v) is 6.46. The molecule has 0 aliphatic carbocycles. The standard InChI is InChI=1S/C18H18ClN5/c1-22-8-9-23(16-4-2-15(19)3-5-16)18-7-6-17(10-14(18)11-22)24-13-20-12-21-24/h2-7,10,12-13H,8-9,11H2,1H3. The first-order chi connectivity index (χ1) is 11.7. The minimum Gasteiger partial charge on any atom is -0.340 e. The van der Waals surface area contributed by atoms with Crippen LogP contribution in [-0.4, -0.2) is 39.8 Å². The Morgan fingerprint density at radius 2 is 1.79 bits per heavy atom. The van der Waals surface area contributed by atoms with Crippen molar-refractivity contribution in [2.24, 2.45) is 0 Å². The van der Waals surface area contributed by atoms with E-state index in [9.17, 15) is 0 Å². The van der Waals surface area contributed by atoms with Crippen LogP contribution in [0.4, 0.5) is 11.4 Å². The Labute approximate surface area is 146 Å². The Bertz CT molecular complexity index is 829. The van der Waals surface area contributed by atoms with Crippen LogP contribution in [0.2, 0.25) is 5.02 Å². The molecule has 0 N–H and O–H groups in total. The monoisotopic (exact) mass is 339 g/mol. The predicted octanol–water partition coefficient (Wildman–Crippen LogP) is 3.50. The van der Waals surface area contributed by atoms with E-state index in [1.165, 1.54) is 11.3 Å². The summed E-state index contributed by atoms with van der Waals surface area (Å²) in [7, 11) is 2.15. The Morgan fingerprint density at radius 1 is 1.00 bits per heavy atom. The maximum absolute atomic E-state index is 6.04. The van der Waals surface area contributed by atoms with Crippen LogP contribution in [0.25, 0.3) is 5.69 Å². The molecule has 0 saturated heterocycles. The van der Waals surface area contributed by atoms with Gasteiger partial charge in [0.2, 0.25) is 0 Å². The molecule has 0 unspecified atom stereocenters. The Hall–Kier alpha value is -2.37. The van der Waals surface area contributed by atoms with Crippen LogP contribution >= 0.6 is 11.6 Å². The summed E-state index contributed by atoms with van der Waals surface area (Å²) in [6, 6.07) is 14.5. The summed E-state index contributed by atoms with van der Waals surface area (Å²) < 4.78 is 1.79. The average Bonchev–Trinajstić information content (AvgIpc) is 3.06. The lowest BCUT2D eigenvalue weighted by molar-refractivity contribution is 0.343. The maximum Gasteiger partial charge on any atom is 0.138 e. The van der Waals surface area contributed by atoms with Gasteiger partial charge in [-0.1, -0.05) is 11.6 Å². The molecule has 0 radical (unpaired) electrons. The van der Waals surface area contributed by atoms with E-state index in [4.69, 9.17) is 11.6 Å². The lowest BCUT2D eigenvalue weighted by atomic mass is 10.1. The number of hydrogen-bond donors (Lipinski definition) is 0. The molecular weight excluding hydrogens is 322 g/mol. The highest BCUT2D eigenvalue weighted by Crippen LogP contribution is 2.33. The molecule has 0 atom stereocenters. The highest BCUT2D eigenvalue weighted by atomic mass is 35.5. The Balaban J connectivity index is 1.78. The number of likely N-dealkylation sites (N-methyl/N-ethyl adjacent to an activating group) is 1. The maximum atomic E-state index is 6.04. The van der Waals surface area contributed by atoms with Gasteiger partial charge in [-0.05, 0) is 55.1 Å². The van der Waals surface area contributed by atoms with Crippen LogP contribution < -0.4 is 4.90 Å². The van der Waals surface area contributed by atoms with Crippen molar-refractivity contribution in [3.63, 3.8) is 0 Å². The zero-order valence-electron chi connectivity index (χ0n) is 13.4. The van der Waals surface area contributed by atoms with Gasteiger partial charge in [-0.2, -0.15) is 5.10 Å². The van der Waals surface area contributed by atoms with Gasteiger partial charge in [0, 0.05) is 36.0 Å². The van der Waals surface area contributed by atoms with E-state index in [0.717, 1.165) is 36.0 Å². The summed E-state index contributed by atoms with van der Waals surface area (Å²) in [6.45, 7) is 2.84. The molecule has 0 spiro atoms. The molecule has 4 rings (SSSR count). The van der Waals surface area contributed by atoms with Crippen LogP contribution in [0.3, 0.4) is 0 Å². The van der Waals surface area contributed by atoms with Crippen molar-refractivity contribution in [1.29, 1.82) is 0 Å². The fourth-order valence-electron chi connectivity index (χ4n) is 3.10. The molecule has 2 heterocycles. The molecule has 1 aliphatic heterocycles. The molecular formula is C18H18ClN5. The van der Waals surface area contributed by atoms with E-state index in [1.54, 1.807) is 17.3 Å². The van der Waals surface area contributed by atoms with Gasteiger partial charge in [0.15, 0.2) is 0 Å². The molecule has 1 aliphatic rings. The zero-order valence-corrected chi connectivity index (χ0v) is 14.2. The smallest absolute Gasteiger partial charge is 0.138 e. The Kier molecular flexibility index (Phi) is 3.96. The third-order valence-electron chi connectivity index (χ3n) is 4.32. The highest BCUT2D eigenvalue weighted by Gasteiger charge is 2.20. The highest BCUT2D eigenvalue weighted by molar-refractivity contribution is 6.30. The summed E-state index contributed by atoms with van der Waals surface area (Å²) in [5, 5.41) is 4.99. The normalized spacial score (nSPS) is 15.2. The van der Waals surface area contributed by atoms with Gasteiger partial charge < -0.3 is 9.80 Å². The van der Waals surface area contributed by atoms with Gasteiger partial charge in [0.1, 0.15) is 12.7 Å². The third-order valence-corrected chi connectivity index (χ3v) is 4.57. The van der Waals surface area contributed by atoms with Crippen LogP contribution in [0.5, 0.6) is 0 Å². The molecule has 122 valence electrons. The van der Waals surface area contributed by atoms with E-state index >= 15 is 0 Å². The summed E-state index contributed by atoms with van der Waals surface area (Å²) in [5.41, 5.74) is 4.69. The van der Waals surface area contributed by atoms with Gasteiger partial charge >= 0.3 is 0 Å². The molecule has 0 saturated carbocycles. The number of rotatable bonds is 2. The minimum atomic E-state index is 0.757. The van der Waals surface area contributed by atoms with Crippen LogP contribution in [-0.2, 0) is 6.54 Å². The van der Waals surface area contributed by atoms with Crippen molar-refractivity contribution >= 4 is 23.0 Å². The number of aromatic nitrogens is 3. The van der Waals surface area contributed by atoms with Gasteiger partial charge in [-0.3, -0.25) is 0 Å². The van der Waals surface area contributed by atoms with Crippen molar-refractivity contribution in [2.45, 2.75) is 6.54 Å². The third kappa shape index (κ3) is 2.88. The van der Waals surface area contributed by atoms with Crippen molar-refractivity contribution in [3.05, 3.63) is 65.7 Å².